The van der Waals surface area contributed by atoms with E-state index in [0.717, 1.165) is 11.3 Å². The molecule has 1 atom stereocenters. The second-order valence-corrected chi connectivity index (χ2v) is 4.73. The van der Waals surface area contributed by atoms with Gasteiger partial charge >= 0.3 is 0 Å². The number of anilines is 1. The van der Waals surface area contributed by atoms with Crippen molar-refractivity contribution in [2.24, 2.45) is 0 Å². The van der Waals surface area contributed by atoms with Gasteiger partial charge < -0.3 is 9.65 Å². The van der Waals surface area contributed by atoms with E-state index in [4.69, 9.17) is 6.57 Å². The molecule has 0 aliphatic carbocycles. The lowest BCUT2D eigenvalue weighted by atomic mass is 10.2. The Balaban J connectivity index is 2.38. The van der Waals surface area contributed by atoms with Crippen LogP contribution in [-0.2, 0) is 0 Å². The Hall–Kier alpha value is -2.11. The van der Waals surface area contributed by atoms with E-state index in [1.54, 1.807) is 28.6 Å². The van der Waals surface area contributed by atoms with Gasteiger partial charge in [0.25, 0.3) is 5.91 Å². The Morgan fingerprint density at radius 2 is 1.95 bits per heavy atom. The van der Waals surface area contributed by atoms with E-state index in [2.05, 4.69) is 19.6 Å². The van der Waals surface area contributed by atoms with Crippen molar-refractivity contribution in [3.05, 3.63) is 58.6 Å². The molecule has 2 aromatic rings. The molecular weight excluding hydrogens is 257 g/mol. The molecule has 4 nitrogen and oxygen atoms in total. The van der Waals surface area contributed by atoms with E-state index >= 15 is 0 Å². The highest BCUT2D eigenvalue weighted by Gasteiger charge is 2.18. The zero-order valence-corrected chi connectivity index (χ0v) is 11.9. The van der Waals surface area contributed by atoms with Crippen LogP contribution in [0.3, 0.4) is 0 Å². The third kappa shape index (κ3) is 2.38. The molecule has 0 spiro atoms. The van der Waals surface area contributed by atoms with Crippen LogP contribution < -0.4 is 5.32 Å². The highest BCUT2D eigenvalue weighted by Crippen LogP contribution is 2.36. The molecule has 0 bridgehead atoms. The van der Waals surface area contributed by atoms with E-state index < -0.39 is 0 Å². The average molecular weight is 271 g/mol. The number of nitrogens with zero attached hydrogens (tertiary/aromatic N) is 2. The molecule has 1 N–H and O–H groups in total. The Labute approximate surface area is 114 Å². The summed E-state index contributed by atoms with van der Waals surface area (Å²) >= 11 is 0. The lowest BCUT2D eigenvalue weighted by Crippen LogP contribution is -2.13. The van der Waals surface area contributed by atoms with Gasteiger partial charge in [0.15, 0.2) is 0 Å². The average Bonchev–Trinajstić information content (AvgIpc) is 2.64. The van der Waals surface area contributed by atoms with Crippen LogP contribution in [-0.4, -0.2) is 10.2 Å². The van der Waals surface area contributed by atoms with Gasteiger partial charge in [-0.1, -0.05) is 18.2 Å². The smallest absolute Gasteiger partial charge is 0.255 e. The first-order chi connectivity index (χ1) is 9.06. The quantitative estimate of drug-likeness (QED) is 0.658. The Bertz CT molecular complexity index is 668. The fourth-order valence-corrected chi connectivity index (χ4v) is 2.22. The summed E-state index contributed by atoms with van der Waals surface area (Å²) in [4.78, 5) is 15.6. The SMILES string of the molecule is [C-]#[N+]c1c(C)c(C)n(P)c1NC(=O)c1ccccc1. The summed E-state index contributed by atoms with van der Waals surface area (Å²) in [6, 6.07) is 8.95. The minimum absolute atomic E-state index is 0.216. The molecule has 0 aliphatic rings. The molecule has 0 aliphatic heterocycles. The van der Waals surface area contributed by atoms with Gasteiger partial charge in [-0.25, -0.2) is 4.85 Å². The standard InChI is InChI=1S/C14H14N3OP/c1-9-10(2)17(19)13(12(9)15-3)16-14(18)11-7-5-4-6-8-11/h4-8H,19H2,1-2H3,(H,16,18). The molecular formula is C14H14N3OP. The Morgan fingerprint density at radius 1 is 1.32 bits per heavy atom. The van der Waals surface area contributed by atoms with Crippen molar-refractivity contribution in [3.63, 3.8) is 0 Å². The summed E-state index contributed by atoms with van der Waals surface area (Å²) in [7, 11) is 2.51. The third-order valence-corrected chi connectivity index (χ3v) is 3.75. The minimum Gasteiger partial charge on any atom is -0.326 e. The number of nitrogens with one attached hydrogen (secondary N) is 1. The van der Waals surface area contributed by atoms with Crippen molar-refractivity contribution in [1.29, 1.82) is 0 Å². The molecule has 1 unspecified atom stereocenters. The summed E-state index contributed by atoms with van der Waals surface area (Å²) in [6.45, 7) is 11.0. The second-order valence-electron chi connectivity index (χ2n) is 4.21. The van der Waals surface area contributed by atoms with Gasteiger partial charge in [0.2, 0.25) is 5.69 Å². The molecule has 0 saturated carbocycles. The van der Waals surface area contributed by atoms with Gasteiger partial charge in [0.05, 0.1) is 6.57 Å². The van der Waals surface area contributed by atoms with Crippen molar-refractivity contribution >= 4 is 26.8 Å². The fourth-order valence-electron chi connectivity index (χ4n) is 1.84. The normalized spacial score (nSPS) is 10.0. The Kier molecular flexibility index (Phi) is 3.69. The van der Waals surface area contributed by atoms with E-state index in [-0.39, 0.29) is 5.91 Å². The molecule has 1 amide bonds. The Morgan fingerprint density at radius 3 is 2.53 bits per heavy atom. The van der Waals surface area contributed by atoms with E-state index in [1.807, 2.05) is 19.9 Å². The maximum absolute atomic E-state index is 12.1. The van der Waals surface area contributed by atoms with Gasteiger partial charge in [0.1, 0.15) is 5.82 Å². The fraction of sp³-hybridized carbons (Fsp3) is 0.143. The summed E-state index contributed by atoms with van der Waals surface area (Å²) in [5.41, 5.74) is 2.88. The summed E-state index contributed by atoms with van der Waals surface area (Å²) in [5, 5.41) is 2.80. The molecule has 0 fully saturated rings. The van der Waals surface area contributed by atoms with Gasteiger partial charge in [0, 0.05) is 11.3 Å². The van der Waals surface area contributed by atoms with Crippen molar-refractivity contribution in [2.45, 2.75) is 13.8 Å². The zero-order valence-electron chi connectivity index (χ0n) is 10.8. The highest BCUT2D eigenvalue weighted by atomic mass is 31.0. The number of benzene rings is 1. The first-order valence-electron chi connectivity index (χ1n) is 5.77. The first kappa shape index (κ1) is 13.3. The van der Waals surface area contributed by atoms with E-state index in [0.29, 0.717) is 17.1 Å². The first-order valence-corrected chi connectivity index (χ1v) is 6.28. The van der Waals surface area contributed by atoms with Crippen molar-refractivity contribution < 1.29 is 4.79 Å². The van der Waals surface area contributed by atoms with Crippen molar-refractivity contribution in [2.75, 3.05) is 5.32 Å². The van der Waals surface area contributed by atoms with Gasteiger partial charge in [-0.2, -0.15) is 0 Å². The maximum Gasteiger partial charge on any atom is 0.255 e. The van der Waals surface area contributed by atoms with Crippen LogP contribution in [0.1, 0.15) is 21.6 Å². The monoisotopic (exact) mass is 271 g/mol. The van der Waals surface area contributed by atoms with Crippen LogP contribution in [0.4, 0.5) is 11.5 Å². The number of rotatable bonds is 2. The minimum atomic E-state index is -0.216. The second kappa shape index (κ2) is 5.26. The van der Waals surface area contributed by atoms with Crippen LogP contribution >= 0.6 is 9.39 Å². The van der Waals surface area contributed by atoms with Crippen LogP contribution in [0.2, 0.25) is 0 Å². The molecule has 0 saturated heterocycles. The number of carbonyl (C=O) groups is 1. The topological polar surface area (TPSA) is 38.4 Å². The van der Waals surface area contributed by atoms with Crippen LogP contribution in [0.5, 0.6) is 0 Å². The number of aromatic nitrogens is 1. The van der Waals surface area contributed by atoms with Gasteiger partial charge in [-0.15, -0.1) is 0 Å². The van der Waals surface area contributed by atoms with Crippen molar-refractivity contribution in [1.82, 2.24) is 4.34 Å². The molecule has 1 aromatic heterocycles. The molecule has 1 aromatic carbocycles. The maximum atomic E-state index is 12.1. The van der Waals surface area contributed by atoms with Gasteiger partial charge in [-0.05, 0) is 40.9 Å². The third-order valence-electron chi connectivity index (χ3n) is 3.10. The molecule has 96 valence electrons. The largest absolute Gasteiger partial charge is 0.326 e. The number of hydrogen-bond donors (Lipinski definition) is 1. The molecule has 1 heterocycles. The van der Waals surface area contributed by atoms with E-state index in [1.165, 1.54) is 0 Å². The highest BCUT2D eigenvalue weighted by molar-refractivity contribution is 7.14. The molecule has 0 radical (unpaired) electrons. The predicted octanol–water partition coefficient (Wildman–Crippen LogP) is 3.55. The van der Waals surface area contributed by atoms with E-state index in [9.17, 15) is 4.79 Å². The lowest BCUT2D eigenvalue weighted by Gasteiger charge is -2.08. The molecule has 19 heavy (non-hydrogen) atoms. The summed E-state index contributed by atoms with van der Waals surface area (Å²) in [6.07, 6.45) is 0. The molecule has 2 rings (SSSR count). The van der Waals surface area contributed by atoms with Crippen LogP contribution in [0.15, 0.2) is 30.3 Å². The zero-order chi connectivity index (χ0) is 14.0. The summed E-state index contributed by atoms with van der Waals surface area (Å²) < 4.78 is 1.75. The molecule has 5 heteroatoms. The summed E-state index contributed by atoms with van der Waals surface area (Å²) in [5.74, 6) is 0.301. The van der Waals surface area contributed by atoms with Crippen molar-refractivity contribution in [3.8, 4) is 0 Å². The van der Waals surface area contributed by atoms with Crippen LogP contribution in [0, 0.1) is 20.4 Å². The number of carbonyl (C=O) groups excluding carboxylic acids is 1. The number of amides is 1. The van der Waals surface area contributed by atoms with Crippen LogP contribution in [0.25, 0.3) is 4.85 Å². The van der Waals surface area contributed by atoms with Gasteiger partial charge in [-0.3, -0.25) is 4.79 Å². The lowest BCUT2D eigenvalue weighted by molar-refractivity contribution is 0.102. The number of hydrogen-bond acceptors (Lipinski definition) is 1. The predicted molar refractivity (Wildman–Crippen MR) is 79.7 cm³/mol.